The SMILES string of the molecule is Cc1ccc2c(c1)cc(C(=O)N1CCCC1)n2-c1ccc(OCCCN2CCC[C@H]2C)cc1. The maximum absolute atomic E-state index is 13.3. The standard InChI is InChI=1S/C28H35N3O2/c1-21-8-13-26-23(19-21)20-27(28(32)30-14-3-4-15-30)31(26)24-9-11-25(12-10-24)33-18-6-17-29-16-5-7-22(29)2/h8-13,19-20,22H,3-7,14-18H2,1-2H3/t22-/m1/s1. The third-order valence-electron chi connectivity index (χ3n) is 7.21. The zero-order valence-corrected chi connectivity index (χ0v) is 19.9. The number of carbonyl (C=O) groups excluding carboxylic acids is 1. The summed E-state index contributed by atoms with van der Waals surface area (Å²) in [7, 11) is 0. The molecule has 0 spiro atoms. The molecule has 1 atom stereocenters. The minimum atomic E-state index is 0.123. The second kappa shape index (κ2) is 9.60. The summed E-state index contributed by atoms with van der Waals surface area (Å²) in [6.45, 7) is 9.17. The van der Waals surface area contributed by atoms with Gasteiger partial charge in [-0.3, -0.25) is 4.79 Å². The van der Waals surface area contributed by atoms with Gasteiger partial charge in [0.15, 0.2) is 0 Å². The van der Waals surface area contributed by atoms with Gasteiger partial charge in [-0.1, -0.05) is 11.6 Å². The van der Waals surface area contributed by atoms with Crippen LogP contribution in [0.25, 0.3) is 16.6 Å². The lowest BCUT2D eigenvalue weighted by atomic mass is 10.2. The highest BCUT2D eigenvalue weighted by Crippen LogP contribution is 2.28. The molecule has 1 aromatic heterocycles. The minimum Gasteiger partial charge on any atom is -0.494 e. The van der Waals surface area contributed by atoms with Gasteiger partial charge in [-0.25, -0.2) is 0 Å². The fraction of sp³-hybridized carbons (Fsp3) is 0.464. The lowest BCUT2D eigenvalue weighted by Gasteiger charge is -2.20. The van der Waals surface area contributed by atoms with Crippen molar-refractivity contribution < 1.29 is 9.53 Å². The molecule has 5 nitrogen and oxygen atoms in total. The van der Waals surface area contributed by atoms with Gasteiger partial charge in [-0.15, -0.1) is 0 Å². The highest BCUT2D eigenvalue weighted by atomic mass is 16.5. The number of likely N-dealkylation sites (tertiary alicyclic amines) is 2. The monoisotopic (exact) mass is 445 g/mol. The van der Waals surface area contributed by atoms with Crippen LogP contribution in [-0.4, -0.2) is 59.1 Å². The van der Waals surface area contributed by atoms with Crippen LogP contribution in [0.15, 0.2) is 48.5 Å². The first-order valence-electron chi connectivity index (χ1n) is 12.5. The maximum Gasteiger partial charge on any atom is 0.270 e. The summed E-state index contributed by atoms with van der Waals surface area (Å²) in [5.41, 5.74) is 4.00. The molecule has 0 N–H and O–H groups in total. The van der Waals surface area contributed by atoms with Gasteiger partial charge in [0.1, 0.15) is 11.4 Å². The van der Waals surface area contributed by atoms with Crippen molar-refractivity contribution in [3.05, 3.63) is 59.8 Å². The molecule has 33 heavy (non-hydrogen) atoms. The van der Waals surface area contributed by atoms with Crippen molar-refractivity contribution in [3.63, 3.8) is 0 Å². The molecule has 2 aliphatic heterocycles. The molecule has 2 fully saturated rings. The molecular weight excluding hydrogens is 410 g/mol. The van der Waals surface area contributed by atoms with Crippen LogP contribution in [0.1, 0.15) is 55.1 Å². The fourth-order valence-electron chi connectivity index (χ4n) is 5.33. The number of benzene rings is 2. The Morgan fingerprint density at radius 2 is 1.79 bits per heavy atom. The molecule has 2 aromatic carbocycles. The van der Waals surface area contributed by atoms with E-state index in [4.69, 9.17) is 4.74 Å². The van der Waals surface area contributed by atoms with Gasteiger partial charge in [0.2, 0.25) is 0 Å². The van der Waals surface area contributed by atoms with Crippen molar-refractivity contribution in [1.29, 1.82) is 0 Å². The first-order valence-corrected chi connectivity index (χ1v) is 12.5. The normalized spacial score (nSPS) is 19.0. The van der Waals surface area contributed by atoms with E-state index in [9.17, 15) is 4.79 Å². The average molecular weight is 446 g/mol. The largest absolute Gasteiger partial charge is 0.494 e. The van der Waals surface area contributed by atoms with Crippen LogP contribution < -0.4 is 4.74 Å². The van der Waals surface area contributed by atoms with Crippen LogP contribution in [0.2, 0.25) is 0 Å². The summed E-state index contributed by atoms with van der Waals surface area (Å²) >= 11 is 0. The van der Waals surface area contributed by atoms with Gasteiger partial charge in [0, 0.05) is 36.7 Å². The molecule has 1 amide bonds. The van der Waals surface area contributed by atoms with Gasteiger partial charge in [-0.2, -0.15) is 0 Å². The topological polar surface area (TPSA) is 37.7 Å². The van der Waals surface area contributed by atoms with Crippen molar-refractivity contribution in [2.45, 2.75) is 52.0 Å². The molecular formula is C28H35N3O2. The number of aryl methyl sites for hydroxylation is 1. The van der Waals surface area contributed by atoms with Crippen LogP contribution in [0, 0.1) is 6.92 Å². The van der Waals surface area contributed by atoms with E-state index in [0.717, 1.165) is 73.5 Å². The third kappa shape index (κ3) is 4.65. The Balaban J connectivity index is 1.33. The van der Waals surface area contributed by atoms with Gasteiger partial charge in [-0.05, 0) is 95.0 Å². The van der Waals surface area contributed by atoms with E-state index < -0.39 is 0 Å². The van der Waals surface area contributed by atoms with E-state index in [0.29, 0.717) is 6.04 Å². The Kier molecular flexibility index (Phi) is 6.41. The molecule has 0 bridgehead atoms. The van der Waals surface area contributed by atoms with Crippen molar-refractivity contribution in [1.82, 2.24) is 14.4 Å². The molecule has 0 unspecified atom stereocenters. The predicted molar refractivity (Wildman–Crippen MR) is 134 cm³/mol. The minimum absolute atomic E-state index is 0.123. The molecule has 5 rings (SSSR count). The molecule has 0 radical (unpaired) electrons. The molecule has 0 aliphatic carbocycles. The van der Waals surface area contributed by atoms with Crippen molar-refractivity contribution in [2.24, 2.45) is 0 Å². The highest BCUT2D eigenvalue weighted by molar-refractivity contribution is 6.00. The van der Waals surface area contributed by atoms with Gasteiger partial charge >= 0.3 is 0 Å². The van der Waals surface area contributed by atoms with Crippen LogP contribution in [-0.2, 0) is 0 Å². The lowest BCUT2D eigenvalue weighted by Crippen LogP contribution is -2.29. The van der Waals surface area contributed by atoms with E-state index in [1.54, 1.807) is 0 Å². The van der Waals surface area contributed by atoms with E-state index in [1.165, 1.54) is 24.9 Å². The molecule has 3 heterocycles. The van der Waals surface area contributed by atoms with E-state index >= 15 is 0 Å². The maximum atomic E-state index is 13.3. The van der Waals surface area contributed by atoms with Crippen molar-refractivity contribution in [3.8, 4) is 11.4 Å². The number of nitrogens with zero attached hydrogens (tertiary/aromatic N) is 3. The highest BCUT2D eigenvalue weighted by Gasteiger charge is 2.24. The summed E-state index contributed by atoms with van der Waals surface area (Å²) < 4.78 is 8.13. The Labute approximate surface area is 196 Å². The molecule has 2 saturated heterocycles. The second-order valence-corrected chi connectivity index (χ2v) is 9.65. The van der Waals surface area contributed by atoms with Gasteiger partial charge in [0.25, 0.3) is 5.91 Å². The van der Waals surface area contributed by atoms with Crippen LogP contribution in [0.4, 0.5) is 0 Å². The van der Waals surface area contributed by atoms with Gasteiger partial charge < -0.3 is 19.1 Å². The first-order chi connectivity index (χ1) is 16.1. The van der Waals surface area contributed by atoms with E-state index in [2.05, 4.69) is 53.6 Å². The van der Waals surface area contributed by atoms with Crippen molar-refractivity contribution >= 4 is 16.8 Å². The summed E-state index contributed by atoms with van der Waals surface area (Å²) in [6, 6.07) is 17.3. The number of rotatable bonds is 7. The zero-order chi connectivity index (χ0) is 22.8. The number of aromatic nitrogens is 1. The third-order valence-corrected chi connectivity index (χ3v) is 7.21. The first kappa shape index (κ1) is 22.0. The second-order valence-electron chi connectivity index (χ2n) is 9.65. The Bertz CT molecular complexity index is 1110. The molecule has 174 valence electrons. The Morgan fingerprint density at radius 1 is 1.00 bits per heavy atom. The molecule has 5 heteroatoms. The summed E-state index contributed by atoms with van der Waals surface area (Å²) in [6.07, 6.45) is 5.86. The number of hydrogen-bond donors (Lipinski definition) is 0. The Hall–Kier alpha value is -2.79. The zero-order valence-electron chi connectivity index (χ0n) is 19.9. The fourth-order valence-corrected chi connectivity index (χ4v) is 5.33. The van der Waals surface area contributed by atoms with Crippen molar-refractivity contribution in [2.75, 3.05) is 32.8 Å². The van der Waals surface area contributed by atoms with E-state index in [-0.39, 0.29) is 5.91 Å². The molecule has 3 aromatic rings. The summed E-state index contributed by atoms with van der Waals surface area (Å²) in [5.74, 6) is 1.01. The number of hydrogen-bond acceptors (Lipinski definition) is 3. The number of carbonyl (C=O) groups is 1. The van der Waals surface area contributed by atoms with Gasteiger partial charge in [0.05, 0.1) is 12.1 Å². The van der Waals surface area contributed by atoms with Crippen LogP contribution in [0.5, 0.6) is 5.75 Å². The molecule has 2 aliphatic rings. The number of fused-ring (bicyclic) bond motifs is 1. The summed E-state index contributed by atoms with van der Waals surface area (Å²) in [4.78, 5) is 17.9. The smallest absolute Gasteiger partial charge is 0.270 e. The number of amides is 1. The molecule has 0 saturated carbocycles. The Morgan fingerprint density at radius 3 is 2.52 bits per heavy atom. The van der Waals surface area contributed by atoms with Crippen LogP contribution >= 0.6 is 0 Å². The lowest BCUT2D eigenvalue weighted by molar-refractivity contribution is 0.0785. The average Bonchev–Trinajstić information content (AvgIpc) is 3.57. The quantitative estimate of drug-likeness (QED) is 0.455. The predicted octanol–water partition coefficient (Wildman–Crippen LogP) is 5.43. The van der Waals surface area contributed by atoms with E-state index in [1.807, 2.05) is 23.1 Å². The summed E-state index contributed by atoms with van der Waals surface area (Å²) in [5, 5.41) is 1.11. The van der Waals surface area contributed by atoms with Crippen LogP contribution in [0.3, 0.4) is 0 Å². The number of ether oxygens (including phenoxy) is 1.